The second kappa shape index (κ2) is 5.73. The Kier molecular flexibility index (Phi) is 5.33. The lowest BCUT2D eigenvalue weighted by Crippen LogP contribution is -2.45. The summed E-state index contributed by atoms with van der Waals surface area (Å²) in [7, 11) is 1.29. The minimum absolute atomic E-state index is 0.0536. The Morgan fingerprint density at radius 2 is 1.87 bits per heavy atom. The lowest BCUT2D eigenvalue weighted by molar-refractivity contribution is -0.129. The van der Waals surface area contributed by atoms with E-state index >= 15 is 0 Å². The summed E-state index contributed by atoms with van der Waals surface area (Å²) in [4.78, 5) is 23.0. The number of amides is 1. The van der Waals surface area contributed by atoms with Gasteiger partial charge < -0.3 is 10.1 Å². The van der Waals surface area contributed by atoms with Gasteiger partial charge in [0, 0.05) is 5.41 Å². The van der Waals surface area contributed by atoms with E-state index in [1.165, 1.54) is 7.11 Å². The van der Waals surface area contributed by atoms with Crippen molar-refractivity contribution in [2.75, 3.05) is 7.11 Å². The fraction of sp³-hybridized carbons (Fsp3) is 0.818. The average Bonchev–Trinajstić information content (AvgIpc) is 2.24. The number of nitrogens with one attached hydrogen (secondary N) is 1. The molecule has 0 fully saturated rings. The highest BCUT2D eigenvalue weighted by Gasteiger charge is 2.32. The molecule has 0 heterocycles. The van der Waals surface area contributed by atoms with Crippen LogP contribution in [0.4, 0.5) is 4.79 Å². The van der Waals surface area contributed by atoms with Crippen LogP contribution < -0.4 is 5.32 Å². The first-order chi connectivity index (χ1) is 6.88. The molecule has 0 aliphatic carbocycles. The zero-order valence-electron chi connectivity index (χ0n) is 10.2. The van der Waals surface area contributed by atoms with Crippen LogP contribution in [0.15, 0.2) is 0 Å². The van der Waals surface area contributed by atoms with E-state index in [1.54, 1.807) is 0 Å². The average molecular weight is 215 g/mol. The van der Waals surface area contributed by atoms with Gasteiger partial charge in [0.1, 0.15) is 0 Å². The smallest absolute Gasteiger partial charge is 0.407 e. The van der Waals surface area contributed by atoms with Gasteiger partial charge in [-0.1, -0.05) is 27.7 Å². The minimum atomic E-state index is -0.554. The molecule has 0 saturated carbocycles. The van der Waals surface area contributed by atoms with Gasteiger partial charge in [-0.25, -0.2) is 4.79 Å². The Hall–Kier alpha value is -1.06. The number of rotatable bonds is 5. The van der Waals surface area contributed by atoms with E-state index in [0.29, 0.717) is 6.42 Å². The van der Waals surface area contributed by atoms with E-state index < -0.39 is 17.6 Å². The molecule has 0 radical (unpaired) electrons. The molecule has 4 heteroatoms. The number of alkyl carbamates (subject to hydrolysis) is 1. The maximum atomic E-state index is 12.0. The second-order valence-electron chi connectivity index (χ2n) is 4.20. The molecule has 0 bridgehead atoms. The van der Waals surface area contributed by atoms with E-state index in [1.807, 2.05) is 27.7 Å². The van der Waals surface area contributed by atoms with Gasteiger partial charge in [-0.2, -0.15) is 0 Å². The van der Waals surface area contributed by atoms with Crippen molar-refractivity contribution in [1.82, 2.24) is 5.32 Å². The van der Waals surface area contributed by atoms with Crippen molar-refractivity contribution in [3.05, 3.63) is 0 Å². The Balaban J connectivity index is 4.54. The summed E-state index contributed by atoms with van der Waals surface area (Å²) in [6.45, 7) is 7.60. The van der Waals surface area contributed by atoms with Crippen molar-refractivity contribution in [1.29, 1.82) is 0 Å². The molecule has 0 saturated heterocycles. The molecule has 15 heavy (non-hydrogen) atoms. The molecule has 1 amide bonds. The molecule has 0 rings (SSSR count). The van der Waals surface area contributed by atoms with Crippen molar-refractivity contribution in [3.8, 4) is 0 Å². The van der Waals surface area contributed by atoms with Gasteiger partial charge in [0.05, 0.1) is 13.2 Å². The van der Waals surface area contributed by atoms with Gasteiger partial charge in [0.25, 0.3) is 0 Å². The lowest BCUT2D eigenvalue weighted by Gasteiger charge is -2.26. The second-order valence-corrected chi connectivity index (χ2v) is 4.20. The molecule has 0 aliphatic heterocycles. The predicted molar refractivity (Wildman–Crippen MR) is 58.7 cm³/mol. The summed E-state index contributed by atoms with van der Waals surface area (Å²) in [5, 5.41) is 2.55. The highest BCUT2D eigenvalue weighted by molar-refractivity contribution is 5.91. The van der Waals surface area contributed by atoms with Crippen molar-refractivity contribution in [2.24, 2.45) is 5.41 Å². The van der Waals surface area contributed by atoms with Gasteiger partial charge in [0.2, 0.25) is 0 Å². The maximum absolute atomic E-state index is 12.0. The van der Waals surface area contributed by atoms with E-state index in [4.69, 9.17) is 0 Å². The van der Waals surface area contributed by atoms with Crippen molar-refractivity contribution >= 4 is 11.9 Å². The number of hydrogen-bond donors (Lipinski definition) is 1. The summed E-state index contributed by atoms with van der Waals surface area (Å²) >= 11 is 0. The molecule has 1 N–H and O–H groups in total. The van der Waals surface area contributed by atoms with Gasteiger partial charge in [0.15, 0.2) is 5.78 Å². The molecule has 0 aromatic heterocycles. The first-order valence-electron chi connectivity index (χ1n) is 5.27. The molecular weight excluding hydrogens is 194 g/mol. The molecular formula is C11H21NO3. The lowest BCUT2D eigenvalue weighted by atomic mass is 9.81. The molecule has 88 valence electrons. The molecule has 4 nitrogen and oxygen atoms in total. The van der Waals surface area contributed by atoms with Crippen molar-refractivity contribution in [3.63, 3.8) is 0 Å². The zero-order valence-corrected chi connectivity index (χ0v) is 10.2. The number of ether oxygens (including phenoxy) is 1. The predicted octanol–water partition coefficient (Wildman–Crippen LogP) is 2.13. The standard InChI is InChI=1S/C11H21NO3/c1-6-8(12-10(14)15-5)9(13)11(3,4)7-2/h8H,6-7H2,1-5H3,(H,12,14)/t8-/m0/s1. The first kappa shape index (κ1) is 13.9. The van der Waals surface area contributed by atoms with Crippen LogP contribution in [-0.4, -0.2) is 25.0 Å². The summed E-state index contributed by atoms with van der Waals surface area (Å²) in [5.74, 6) is 0.0536. The first-order valence-corrected chi connectivity index (χ1v) is 5.27. The van der Waals surface area contributed by atoms with Crippen LogP contribution in [0.2, 0.25) is 0 Å². The van der Waals surface area contributed by atoms with Crippen LogP contribution in [0.1, 0.15) is 40.5 Å². The van der Waals surface area contributed by atoms with E-state index in [0.717, 1.165) is 6.42 Å². The maximum Gasteiger partial charge on any atom is 0.407 e. The molecule has 0 aromatic rings. The fourth-order valence-corrected chi connectivity index (χ4v) is 1.20. The van der Waals surface area contributed by atoms with Crippen LogP contribution in [0.3, 0.4) is 0 Å². The van der Waals surface area contributed by atoms with Crippen molar-refractivity contribution < 1.29 is 14.3 Å². The third-order valence-corrected chi connectivity index (χ3v) is 2.75. The summed E-state index contributed by atoms with van der Waals surface area (Å²) < 4.78 is 4.48. The van der Waals surface area contributed by atoms with Crippen LogP contribution >= 0.6 is 0 Å². The van der Waals surface area contributed by atoms with E-state index in [-0.39, 0.29) is 5.78 Å². The molecule has 0 spiro atoms. The molecule has 0 unspecified atom stereocenters. The Morgan fingerprint density at radius 1 is 1.33 bits per heavy atom. The minimum Gasteiger partial charge on any atom is -0.453 e. The molecule has 1 atom stereocenters. The number of Topliss-reactive ketones (excluding diaryl/α,β-unsaturated/α-hetero) is 1. The quantitative estimate of drug-likeness (QED) is 0.764. The number of hydrogen-bond acceptors (Lipinski definition) is 3. The van der Waals surface area contributed by atoms with Crippen LogP contribution in [0.5, 0.6) is 0 Å². The van der Waals surface area contributed by atoms with E-state index in [2.05, 4.69) is 10.1 Å². The number of carbonyl (C=O) groups excluding carboxylic acids is 2. The van der Waals surface area contributed by atoms with Gasteiger partial charge in [-0.05, 0) is 12.8 Å². The normalized spacial score (nSPS) is 13.1. The van der Waals surface area contributed by atoms with Crippen LogP contribution in [0, 0.1) is 5.41 Å². The Morgan fingerprint density at radius 3 is 2.20 bits per heavy atom. The largest absolute Gasteiger partial charge is 0.453 e. The van der Waals surface area contributed by atoms with Gasteiger partial charge >= 0.3 is 6.09 Å². The Bertz CT molecular complexity index is 236. The van der Waals surface area contributed by atoms with Crippen LogP contribution in [-0.2, 0) is 9.53 Å². The van der Waals surface area contributed by atoms with E-state index in [9.17, 15) is 9.59 Å². The summed E-state index contributed by atoms with van der Waals surface area (Å²) in [6.07, 6.45) is 0.782. The highest BCUT2D eigenvalue weighted by Crippen LogP contribution is 2.23. The monoisotopic (exact) mass is 215 g/mol. The fourth-order valence-electron chi connectivity index (χ4n) is 1.20. The highest BCUT2D eigenvalue weighted by atomic mass is 16.5. The third kappa shape index (κ3) is 3.90. The SMILES string of the molecule is CC[C@H](NC(=O)OC)C(=O)C(C)(C)CC. The number of methoxy groups -OCH3 is 1. The molecule has 0 aliphatic rings. The van der Waals surface area contributed by atoms with Gasteiger partial charge in [-0.15, -0.1) is 0 Å². The third-order valence-electron chi connectivity index (χ3n) is 2.75. The molecule has 0 aromatic carbocycles. The summed E-state index contributed by atoms with van der Waals surface area (Å²) in [6, 6.07) is -0.451. The number of ketones is 1. The van der Waals surface area contributed by atoms with Gasteiger partial charge in [-0.3, -0.25) is 4.79 Å². The zero-order chi connectivity index (χ0) is 12.1. The van der Waals surface area contributed by atoms with Crippen molar-refractivity contribution in [2.45, 2.75) is 46.6 Å². The summed E-state index contributed by atoms with van der Waals surface area (Å²) in [5.41, 5.74) is -0.401. The van der Waals surface area contributed by atoms with Crippen LogP contribution in [0.25, 0.3) is 0 Å². The topological polar surface area (TPSA) is 55.4 Å². The Labute approximate surface area is 91.4 Å². The number of carbonyl (C=O) groups is 2.